The first kappa shape index (κ1) is 13.6. The second kappa shape index (κ2) is 6.28. The van der Waals surface area contributed by atoms with Crippen molar-refractivity contribution >= 4 is 5.71 Å². The van der Waals surface area contributed by atoms with Crippen molar-refractivity contribution in [1.82, 2.24) is 0 Å². The highest BCUT2D eigenvalue weighted by atomic mass is 16.6. The number of hydrogen-bond donors (Lipinski definition) is 0. The zero-order valence-corrected chi connectivity index (χ0v) is 11.3. The van der Waals surface area contributed by atoms with Gasteiger partial charge >= 0.3 is 0 Å². The molecule has 3 nitrogen and oxygen atoms in total. The maximum absolute atomic E-state index is 5.29. The van der Waals surface area contributed by atoms with E-state index in [4.69, 9.17) is 9.57 Å². The fourth-order valence-electron chi connectivity index (χ4n) is 1.68. The minimum atomic E-state index is 0.658. The van der Waals surface area contributed by atoms with Crippen LogP contribution < -0.4 is 4.74 Å². The second-order valence-electron chi connectivity index (χ2n) is 4.15. The highest BCUT2D eigenvalue weighted by molar-refractivity contribution is 6.00. The largest absolute Gasteiger partial charge is 0.496 e. The Morgan fingerprint density at radius 3 is 2.53 bits per heavy atom. The molecule has 0 aromatic heterocycles. The van der Waals surface area contributed by atoms with Gasteiger partial charge in [0.05, 0.1) is 12.8 Å². The summed E-state index contributed by atoms with van der Waals surface area (Å²) in [6.07, 6.45) is 0.970. The number of hydrogen-bond acceptors (Lipinski definition) is 3. The van der Waals surface area contributed by atoms with Gasteiger partial charge in [0.1, 0.15) is 12.4 Å². The number of benzene rings is 1. The van der Waals surface area contributed by atoms with E-state index in [2.05, 4.69) is 25.1 Å². The molecule has 0 saturated heterocycles. The number of rotatable bonds is 5. The van der Waals surface area contributed by atoms with Gasteiger partial charge in [-0.2, -0.15) is 0 Å². The molecule has 0 N–H and O–H groups in total. The summed E-state index contributed by atoms with van der Waals surface area (Å²) in [5, 5.41) is 4.12. The molecule has 3 heteroatoms. The Hall–Kier alpha value is -1.51. The van der Waals surface area contributed by atoms with E-state index < -0.39 is 0 Å². The molecule has 94 valence electrons. The molecule has 0 aliphatic heterocycles. The minimum absolute atomic E-state index is 0.658. The van der Waals surface area contributed by atoms with Gasteiger partial charge in [-0.1, -0.05) is 12.1 Å². The molecule has 0 heterocycles. The molecular formula is C14H21NO2. The summed E-state index contributed by atoms with van der Waals surface area (Å²) in [7, 11) is 1.69. The fraction of sp³-hybridized carbons (Fsp3) is 0.500. The number of ether oxygens (including phenoxy) is 1. The van der Waals surface area contributed by atoms with E-state index in [1.807, 2.05) is 19.9 Å². The number of oxime groups is 1. The molecule has 1 aromatic carbocycles. The Morgan fingerprint density at radius 1 is 1.24 bits per heavy atom. The average molecular weight is 235 g/mol. The minimum Gasteiger partial charge on any atom is -0.496 e. The van der Waals surface area contributed by atoms with Crippen molar-refractivity contribution in [3.05, 3.63) is 28.8 Å². The molecule has 0 aliphatic rings. The smallest absolute Gasteiger partial charge is 0.122 e. The van der Waals surface area contributed by atoms with Gasteiger partial charge in [-0.05, 0) is 50.5 Å². The third kappa shape index (κ3) is 3.48. The van der Waals surface area contributed by atoms with Crippen molar-refractivity contribution in [1.29, 1.82) is 0 Å². The highest BCUT2D eigenvalue weighted by Crippen LogP contribution is 2.23. The summed E-state index contributed by atoms with van der Waals surface area (Å²) in [6, 6.07) is 4.12. The quantitative estimate of drug-likeness (QED) is 0.444. The van der Waals surface area contributed by atoms with Crippen LogP contribution in [0.15, 0.2) is 17.3 Å². The van der Waals surface area contributed by atoms with Gasteiger partial charge < -0.3 is 9.57 Å². The molecule has 0 atom stereocenters. The Kier molecular flexibility index (Phi) is 5.01. The third-order valence-corrected chi connectivity index (χ3v) is 2.63. The normalized spacial score (nSPS) is 11.5. The van der Waals surface area contributed by atoms with Gasteiger partial charge in [0.2, 0.25) is 0 Å². The first-order valence-electron chi connectivity index (χ1n) is 5.92. The van der Waals surface area contributed by atoms with E-state index in [0.717, 1.165) is 34.6 Å². The summed E-state index contributed by atoms with van der Waals surface area (Å²) < 4.78 is 5.29. The molecule has 0 fully saturated rings. The standard InChI is InChI=1S/C14H21NO2/c1-6-7-17-15-12(4)13-8-11(3)14(16-5)9-10(13)2/h8-9H,6-7H2,1-5H3/b15-12+. The van der Waals surface area contributed by atoms with Gasteiger partial charge in [0.25, 0.3) is 0 Å². The summed E-state index contributed by atoms with van der Waals surface area (Å²) in [5.41, 5.74) is 4.27. The van der Waals surface area contributed by atoms with Gasteiger partial charge in [-0.25, -0.2) is 0 Å². The Labute approximate surface area is 103 Å². The van der Waals surface area contributed by atoms with E-state index in [9.17, 15) is 0 Å². The Bertz CT molecular complexity index is 411. The summed E-state index contributed by atoms with van der Waals surface area (Å²) >= 11 is 0. The topological polar surface area (TPSA) is 30.8 Å². The van der Waals surface area contributed by atoms with Crippen molar-refractivity contribution < 1.29 is 9.57 Å². The predicted molar refractivity (Wildman–Crippen MR) is 70.9 cm³/mol. The molecular weight excluding hydrogens is 214 g/mol. The number of aryl methyl sites for hydroxylation is 2. The van der Waals surface area contributed by atoms with Crippen molar-refractivity contribution in [2.75, 3.05) is 13.7 Å². The van der Waals surface area contributed by atoms with Gasteiger partial charge in [0.15, 0.2) is 0 Å². The van der Waals surface area contributed by atoms with Gasteiger partial charge in [-0.3, -0.25) is 0 Å². The second-order valence-corrected chi connectivity index (χ2v) is 4.15. The molecule has 0 bridgehead atoms. The monoisotopic (exact) mass is 235 g/mol. The van der Waals surface area contributed by atoms with Crippen molar-refractivity contribution in [3.8, 4) is 5.75 Å². The number of methoxy groups -OCH3 is 1. The summed E-state index contributed by atoms with van der Waals surface area (Å²) in [6.45, 7) is 8.77. The van der Waals surface area contributed by atoms with Crippen LogP contribution in [0.25, 0.3) is 0 Å². The average Bonchev–Trinajstić information content (AvgIpc) is 2.31. The van der Waals surface area contributed by atoms with Crippen LogP contribution in [0, 0.1) is 13.8 Å². The van der Waals surface area contributed by atoms with Crippen LogP contribution in [0.2, 0.25) is 0 Å². The van der Waals surface area contributed by atoms with Gasteiger partial charge in [-0.15, -0.1) is 0 Å². The maximum Gasteiger partial charge on any atom is 0.122 e. The van der Waals surface area contributed by atoms with E-state index in [-0.39, 0.29) is 0 Å². The predicted octanol–water partition coefficient (Wildman–Crippen LogP) is 3.46. The zero-order chi connectivity index (χ0) is 12.8. The lowest BCUT2D eigenvalue weighted by atomic mass is 10.0. The van der Waals surface area contributed by atoms with Crippen molar-refractivity contribution in [2.45, 2.75) is 34.1 Å². The van der Waals surface area contributed by atoms with Crippen LogP contribution in [-0.4, -0.2) is 19.4 Å². The first-order chi connectivity index (χ1) is 8.10. The molecule has 0 radical (unpaired) electrons. The van der Waals surface area contributed by atoms with Gasteiger partial charge in [0, 0.05) is 5.56 Å². The van der Waals surface area contributed by atoms with E-state index in [0.29, 0.717) is 6.61 Å². The van der Waals surface area contributed by atoms with E-state index >= 15 is 0 Å². The molecule has 0 spiro atoms. The van der Waals surface area contributed by atoms with Crippen LogP contribution in [0.1, 0.15) is 37.0 Å². The summed E-state index contributed by atoms with van der Waals surface area (Å²) in [5.74, 6) is 0.911. The van der Waals surface area contributed by atoms with E-state index in [1.165, 1.54) is 0 Å². The van der Waals surface area contributed by atoms with E-state index in [1.54, 1.807) is 7.11 Å². The van der Waals surface area contributed by atoms with Crippen LogP contribution in [0.4, 0.5) is 0 Å². The lowest BCUT2D eigenvalue weighted by Crippen LogP contribution is -2.02. The third-order valence-electron chi connectivity index (χ3n) is 2.63. The number of nitrogens with zero attached hydrogens (tertiary/aromatic N) is 1. The first-order valence-corrected chi connectivity index (χ1v) is 5.92. The molecule has 0 aliphatic carbocycles. The van der Waals surface area contributed by atoms with Crippen molar-refractivity contribution in [2.24, 2.45) is 5.16 Å². The molecule has 1 rings (SSSR count). The molecule has 0 amide bonds. The molecule has 1 aromatic rings. The van der Waals surface area contributed by atoms with Crippen LogP contribution >= 0.6 is 0 Å². The Morgan fingerprint density at radius 2 is 1.94 bits per heavy atom. The van der Waals surface area contributed by atoms with Crippen LogP contribution in [-0.2, 0) is 4.84 Å². The SMILES string of the molecule is CCCO/N=C(\C)c1cc(C)c(OC)cc1C. The molecule has 17 heavy (non-hydrogen) atoms. The molecule has 0 saturated carbocycles. The fourth-order valence-corrected chi connectivity index (χ4v) is 1.68. The Balaban J connectivity index is 2.98. The molecule has 0 unspecified atom stereocenters. The van der Waals surface area contributed by atoms with Crippen LogP contribution in [0.3, 0.4) is 0 Å². The maximum atomic E-state index is 5.29. The lowest BCUT2D eigenvalue weighted by Gasteiger charge is -2.10. The van der Waals surface area contributed by atoms with Crippen molar-refractivity contribution in [3.63, 3.8) is 0 Å². The lowest BCUT2D eigenvalue weighted by molar-refractivity contribution is 0.145. The zero-order valence-electron chi connectivity index (χ0n) is 11.3. The van der Waals surface area contributed by atoms with Crippen LogP contribution in [0.5, 0.6) is 5.75 Å². The highest BCUT2D eigenvalue weighted by Gasteiger charge is 2.07. The summed E-state index contributed by atoms with van der Waals surface area (Å²) in [4.78, 5) is 5.21.